The number of hydrogen-bond donors (Lipinski definition) is 1. The number of nitrogens with one attached hydrogen (secondary N) is 1. The number of carbonyl (C=O) groups excluding carboxylic acids is 2. The minimum Gasteiger partial charge on any atom is -0.493 e. The van der Waals surface area contributed by atoms with E-state index in [0.717, 1.165) is 0 Å². The van der Waals surface area contributed by atoms with Crippen molar-refractivity contribution < 1.29 is 28.5 Å². The third-order valence-corrected chi connectivity index (χ3v) is 3.96. The van der Waals surface area contributed by atoms with Gasteiger partial charge in [-0.3, -0.25) is 4.79 Å². The van der Waals surface area contributed by atoms with Crippen molar-refractivity contribution in [3.8, 4) is 17.2 Å². The van der Waals surface area contributed by atoms with Gasteiger partial charge in [0.2, 0.25) is 0 Å². The third kappa shape index (κ3) is 6.43. The van der Waals surface area contributed by atoms with Gasteiger partial charge in [-0.2, -0.15) is 0 Å². The molecule has 2 aromatic rings. The molecule has 0 saturated carbocycles. The molecule has 0 saturated heterocycles. The fourth-order valence-corrected chi connectivity index (χ4v) is 2.72. The highest BCUT2D eigenvalue weighted by Crippen LogP contribution is 2.36. The summed E-state index contributed by atoms with van der Waals surface area (Å²) in [4.78, 5) is 23.9. The molecule has 2 rings (SSSR count). The molecular formula is C21H22ClNO6. The van der Waals surface area contributed by atoms with E-state index < -0.39 is 18.5 Å². The van der Waals surface area contributed by atoms with Gasteiger partial charge >= 0.3 is 5.97 Å². The first kappa shape index (κ1) is 22.1. The van der Waals surface area contributed by atoms with E-state index in [1.54, 1.807) is 36.4 Å². The number of amides is 1. The lowest BCUT2D eigenvalue weighted by Crippen LogP contribution is -2.20. The van der Waals surface area contributed by atoms with Gasteiger partial charge in [0, 0.05) is 6.08 Å². The normalized spacial score (nSPS) is 10.5. The second-order valence-electron chi connectivity index (χ2n) is 5.66. The molecule has 0 aromatic heterocycles. The van der Waals surface area contributed by atoms with Crippen molar-refractivity contribution in [3.05, 3.63) is 53.1 Å². The van der Waals surface area contributed by atoms with Crippen LogP contribution in [0.25, 0.3) is 6.08 Å². The molecule has 0 spiro atoms. The summed E-state index contributed by atoms with van der Waals surface area (Å²) in [5.41, 5.74) is 1.12. The summed E-state index contributed by atoms with van der Waals surface area (Å²) in [6, 6.07) is 10.3. The lowest BCUT2D eigenvalue weighted by molar-refractivity contribution is -0.142. The second kappa shape index (κ2) is 11.0. The highest BCUT2D eigenvalue weighted by atomic mass is 35.5. The number of esters is 1. The Balaban J connectivity index is 1.93. The molecule has 0 atom stereocenters. The Kier molecular flexibility index (Phi) is 8.36. The Bertz CT molecular complexity index is 897. The maximum atomic E-state index is 12.0. The number of benzene rings is 2. The first-order valence-electron chi connectivity index (χ1n) is 8.76. The van der Waals surface area contributed by atoms with E-state index in [1.807, 2.05) is 6.92 Å². The van der Waals surface area contributed by atoms with Crippen LogP contribution in [0, 0.1) is 0 Å². The smallest absolute Gasteiger partial charge is 0.331 e. The van der Waals surface area contributed by atoms with Crippen LogP contribution in [-0.2, 0) is 14.3 Å². The zero-order chi connectivity index (χ0) is 21.2. The van der Waals surface area contributed by atoms with Gasteiger partial charge in [0.15, 0.2) is 18.1 Å². The highest BCUT2D eigenvalue weighted by Gasteiger charge is 2.11. The molecule has 29 heavy (non-hydrogen) atoms. The number of ether oxygens (including phenoxy) is 4. The summed E-state index contributed by atoms with van der Waals surface area (Å²) in [5.74, 6) is 0.218. The van der Waals surface area contributed by atoms with E-state index in [4.69, 9.17) is 30.5 Å². The zero-order valence-electron chi connectivity index (χ0n) is 16.4. The lowest BCUT2D eigenvalue weighted by Gasteiger charge is -2.11. The van der Waals surface area contributed by atoms with Gasteiger partial charge < -0.3 is 24.3 Å². The Labute approximate surface area is 174 Å². The van der Waals surface area contributed by atoms with Crippen molar-refractivity contribution in [1.29, 1.82) is 0 Å². The van der Waals surface area contributed by atoms with Crippen LogP contribution >= 0.6 is 11.6 Å². The maximum absolute atomic E-state index is 12.0. The van der Waals surface area contributed by atoms with Crippen molar-refractivity contribution in [2.24, 2.45) is 0 Å². The molecule has 1 amide bonds. The minimum atomic E-state index is -0.677. The molecule has 0 fully saturated rings. The quantitative estimate of drug-likeness (QED) is 0.489. The molecular weight excluding hydrogens is 398 g/mol. The summed E-state index contributed by atoms with van der Waals surface area (Å²) in [6.07, 6.45) is 2.69. The predicted octanol–water partition coefficient (Wildman–Crippen LogP) is 3.95. The number of carbonyl (C=O) groups is 2. The average molecular weight is 420 g/mol. The fraction of sp³-hybridized carbons (Fsp3) is 0.238. The number of methoxy groups -OCH3 is 2. The van der Waals surface area contributed by atoms with E-state index in [2.05, 4.69) is 5.32 Å². The van der Waals surface area contributed by atoms with Crippen LogP contribution in [0.2, 0.25) is 5.02 Å². The summed E-state index contributed by atoms with van der Waals surface area (Å²) in [7, 11) is 2.96. The van der Waals surface area contributed by atoms with Crippen molar-refractivity contribution >= 4 is 35.2 Å². The SMILES string of the molecule is CCOc1ccccc1NC(=O)COC(=O)C=Cc1cc(Cl)c(OC)c(OC)c1. The Hall–Kier alpha value is -3.19. The molecule has 8 heteroatoms. The number of hydrogen-bond acceptors (Lipinski definition) is 6. The van der Waals surface area contributed by atoms with Gasteiger partial charge in [-0.15, -0.1) is 0 Å². The Morgan fingerprint density at radius 2 is 1.86 bits per heavy atom. The molecule has 0 unspecified atom stereocenters. The first-order chi connectivity index (χ1) is 14.0. The van der Waals surface area contributed by atoms with Crippen molar-refractivity contribution in [2.75, 3.05) is 32.8 Å². The van der Waals surface area contributed by atoms with E-state index in [1.165, 1.54) is 26.4 Å². The van der Waals surface area contributed by atoms with E-state index >= 15 is 0 Å². The molecule has 2 aromatic carbocycles. The number of rotatable bonds is 9. The van der Waals surface area contributed by atoms with Gasteiger partial charge in [-0.1, -0.05) is 23.7 Å². The van der Waals surface area contributed by atoms with Crippen LogP contribution in [0.1, 0.15) is 12.5 Å². The van der Waals surface area contributed by atoms with Crippen molar-refractivity contribution in [3.63, 3.8) is 0 Å². The second-order valence-corrected chi connectivity index (χ2v) is 6.06. The average Bonchev–Trinajstić information content (AvgIpc) is 2.71. The van der Waals surface area contributed by atoms with Crippen LogP contribution < -0.4 is 19.5 Å². The van der Waals surface area contributed by atoms with Crippen LogP contribution in [-0.4, -0.2) is 39.3 Å². The zero-order valence-corrected chi connectivity index (χ0v) is 17.1. The van der Waals surface area contributed by atoms with Crippen LogP contribution in [0.15, 0.2) is 42.5 Å². The van der Waals surface area contributed by atoms with E-state index in [-0.39, 0.29) is 0 Å². The Morgan fingerprint density at radius 1 is 1.10 bits per heavy atom. The maximum Gasteiger partial charge on any atom is 0.331 e. The monoisotopic (exact) mass is 419 g/mol. The summed E-state index contributed by atoms with van der Waals surface area (Å²) in [5, 5.41) is 2.99. The highest BCUT2D eigenvalue weighted by molar-refractivity contribution is 6.32. The van der Waals surface area contributed by atoms with Crippen molar-refractivity contribution in [2.45, 2.75) is 6.92 Å². The largest absolute Gasteiger partial charge is 0.493 e. The number of para-hydroxylation sites is 2. The van der Waals surface area contributed by atoms with Gasteiger partial charge in [-0.25, -0.2) is 4.79 Å². The standard InChI is InChI=1S/C21H22ClNO6/c1-4-28-17-8-6-5-7-16(17)23-19(24)13-29-20(25)10-9-14-11-15(22)21(27-3)18(12-14)26-2/h5-12H,4,13H2,1-3H3,(H,23,24). The summed E-state index contributed by atoms with van der Waals surface area (Å²) in [6.45, 7) is 1.88. The minimum absolute atomic E-state index is 0.340. The molecule has 0 aliphatic rings. The molecule has 154 valence electrons. The molecule has 0 radical (unpaired) electrons. The van der Waals surface area contributed by atoms with Gasteiger partial charge in [0.1, 0.15) is 5.75 Å². The molecule has 0 heterocycles. The first-order valence-corrected chi connectivity index (χ1v) is 9.14. The summed E-state index contributed by atoms with van der Waals surface area (Å²) < 4.78 is 20.8. The van der Waals surface area contributed by atoms with Crippen LogP contribution in [0.3, 0.4) is 0 Å². The summed E-state index contributed by atoms with van der Waals surface area (Å²) >= 11 is 6.13. The van der Waals surface area contributed by atoms with E-state index in [9.17, 15) is 9.59 Å². The topological polar surface area (TPSA) is 83.1 Å². The number of anilines is 1. The van der Waals surface area contributed by atoms with Gasteiger partial charge in [-0.05, 0) is 42.8 Å². The van der Waals surface area contributed by atoms with Gasteiger partial charge in [0.05, 0.1) is 31.5 Å². The fourth-order valence-electron chi connectivity index (χ4n) is 2.42. The van der Waals surface area contributed by atoms with Crippen LogP contribution in [0.5, 0.6) is 17.2 Å². The Morgan fingerprint density at radius 3 is 2.55 bits per heavy atom. The third-order valence-electron chi connectivity index (χ3n) is 3.67. The molecule has 7 nitrogen and oxygen atoms in total. The molecule has 0 bridgehead atoms. The molecule has 0 aliphatic carbocycles. The lowest BCUT2D eigenvalue weighted by atomic mass is 10.2. The van der Waals surface area contributed by atoms with E-state index in [0.29, 0.717) is 40.1 Å². The molecule has 1 N–H and O–H groups in total. The van der Waals surface area contributed by atoms with Crippen molar-refractivity contribution in [1.82, 2.24) is 0 Å². The number of halogens is 1. The molecule has 0 aliphatic heterocycles. The predicted molar refractivity (Wildman–Crippen MR) is 111 cm³/mol. The van der Waals surface area contributed by atoms with Gasteiger partial charge in [0.25, 0.3) is 5.91 Å². The van der Waals surface area contributed by atoms with Crippen LogP contribution in [0.4, 0.5) is 5.69 Å².